The number of amides is 3. The molecule has 0 saturated carbocycles. The fourth-order valence-corrected chi connectivity index (χ4v) is 2.47. The van der Waals surface area contributed by atoms with E-state index in [-0.39, 0.29) is 18.7 Å². The number of hydrogen-bond acceptors (Lipinski definition) is 4. The van der Waals surface area contributed by atoms with Crippen LogP contribution in [0.4, 0.5) is 5.69 Å². The number of hydrazine groups is 1. The van der Waals surface area contributed by atoms with Crippen LogP contribution in [0.3, 0.4) is 0 Å². The number of carbonyl (C=O) groups is 3. The van der Waals surface area contributed by atoms with Gasteiger partial charge in [-0.05, 0) is 49.2 Å². The predicted octanol–water partition coefficient (Wildman–Crippen LogP) is 2.89. The molecule has 0 fully saturated rings. The smallest absolute Gasteiger partial charge is 0.262 e. The number of rotatable bonds is 7. The van der Waals surface area contributed by atoms with E-state index < -0.39 is 11.8 Å². The topological polar surface area (TPSA) is 96.5 Å². The van der Waals surface area contributed by atoms with Gasteiger partial charge in [0.25, 0.3) is 5.91 Å². The molecule has 0 atom stereocenters. The molecule has 0 aliphatic heterocycles. The Morgan fingerprint density at radius 1 is 0.931 bits per heavy atom. The maximum Gasteiger partial charge on any atom is 0.262 e. The Hall–Kier alpha value is -3.61. The van der Waals surface area contributed by atoms with Gasteiger partial charge in [-0.25, -0.2) is 0 Å². The summed E-state index contributed by atoms with van der Waals surface area (Å²) in [6.07, 6.45) is 2.82. The predicted molar refractivity (Wildman–Crippen MR) is 112 cm³/mol. The number of anilines is 1. The van der Waals surface area contributed by atoms with Gasteiger partial charge >= 0.3 is 0 Å². The van der Waals surface area contributed by atoms with Gasteiger partial charge in [-0.1, -0.05) is 24.3 Å². The molecule has 7 heteroatoms. The van der Waals surface area contributed by atoms with Crippen LogP contribution in [-0.4, -0.2) is 24.8 Å². The highest BCUT2D eigenvalue weighted by Gasteiger charge is 2.08. The molecule has 0 saturated heterocycles. The second-order valence-electron chi connectivity index (χ2n) is 6.46. The zero-order valence-electron chi connectivity index (χ0n) is 16.7. The summed E-state index contributed by atoms with van der Waals surface area (Å²) >= 11 is 0. The molecule has 0 bridgehead atoms. The van der Waals surface area contributed by atoms with Gasteiger partial charge in [0.1, 0.15) is 5.75 Å². The third kappa shape index (κ3) is 7.14. The van der Waals surface area contributed by atoms with Gasteiger partial charge < -0.3 is 10.1 Å². The molecule has 0 aliphatic carbocycles. The van der Waals surface area contributed by atoms with Gasteiger partial charge in [0, 0.05) is 30.2 Å². The van der Waals surface area contributed by atoms with Crippen molar-refractivity contribution in [2.45, 2.75) is 26.7 Å². The Morgan fingerprint density at radius 2 is 1.66 bits per heavy atom. The normalized spacial score (nSPS) is 10.4. The summed E-state index contributed by atoms with van der Waals surface area (Å²) in [5.74, 6) is -0.593. The van der Waals surface area contributed by atoms with E-state index in [0.717, 1.165) is 16.7 Å². The number of aryl methyl sites for hydroxylation is 2. The minimum atomic E-state index is -0.496. The van der Waals surface area contributed by atoms with E-state index in [2.05, 4.69) is 16.2 Å². The molecule has 0 spiro atoms. The fraction of sp³-hybridized carbons (Fsp3) is 0.227. The molecule has 29 heavy (non-hydrogen) atoms. The van der Waals surface area contributed by atoms with Crippen LogP contribution in [0.2, 0.25) is 0 Å². The maximum absolute atomic E-state index is 12.0. The van der Waals surface area contributed by atoms with Crippen LogP contribution < -0.4 is 20.9 Å². The maximum atomic E-state index is 12.0. The number of ether oxygens (including phenoxy) is 1. The standard InChI is InChI=1S/C22H25N3O4/c1-15-8-10-18(14-16(15)2)23-20(26)12-13-22(28)25-24-21(27)11-9-17-6-4-5-7-19(17)29-3/h4-11,14H,12-13H2,1-3H3,(H,23,26)(H,24,27)(H,25,28)/b11-9+. The molecule has 152 valence electrons. The Balaban J connectivity index is 1.73. The van der Waals surface area contributed by atoms with Gasteiger partial charge in [0.15, 0.2) is 0 Å². The third-order valence-electron chi connectivity index (χ3n) is 4.25. The van der Waals surface area contributed by atoms with Gasteiger partial charge in [-0.15, -0.1) is 0 Å². The van der Waals surface area contributed by atoms with Crippen molar-refractivity contribution >= 4 is 29.5 Å². The number of benzene rings is 2. The lowest BCUT2D eigenvalue weighted by Gasteiger charge is -2.08. The second kappa shape index (κ2) is 10.7. The molecule has 3 N–H and O–H groups in total. The average Bonchev–Trinajstić information content (AvgIpc) is 2.72. The third-order valence-corrected chi connectivity index (χ3v) is 4.25. The van der Waals surface area contributed by atoms with Crippen molar-refractivity contribution in [2.75, 3.05) is 12.4 Å². The van der Waals surface area contributed by atoms with Gasteiger partial charge in [0.2, 0.25) is 11.8 Å². The summed E-state index contributed by atoms with van der Waals surface area (Å²) in [7, 11) is 1.54. The van der Waals surface area contributed by atoms with E-state index in [1.165, 1.54) is 6.08 Å². The summed E-state index contributed by atoms with van der Waals surface area (Å²) in [6, 6.07) is 12.8. The molecule has 0 heterocycles. The zero-order valence-corrected chi connectivity index (χ0v) is 16.7. The lowest BCUT2D eigenvalue weighted by Crippen LogP contribution is -2.41. The van der Waals surface area contributed by atoms with Crippen LogP contribution in [0.15, 0.2) is 48.5 Å². The van der Waals surface area contributed by atoms with Gasteiger partial charge in [0.05, 0.1) is 7.11 Å². The summed E-state index contributed by atoms with van der Waals surface area (Å²) in [6.45, 7) is 3.95. The van der Waals surface area contributed by atoms with Crippen LogP contribution >= 0.6 is 0 Å². The minimum absolute atomic E-state index is 0.00564. The Kier molecular flexibility index (Phi) is 7.97. The van der Waals surface area contributed by atoms with E-state index >= 15 is 0 Å². The van der Waals surface area contributed by atoms with Crippen LogP contribution in [0.5, 0.6) is 5.75 Å². The van der Waals surface area contributed by atoms with Crippen LogP contribution in [0.1, 0.15) is 29.5 Å². The molecular formula is C22H25N3O4. The molecule has 2 aromatic carbocycles. The zero-order chi connectivity index (χ0) is 21.2. The van der Waals surface area contributed by atoms with Gasteiger partial charge in [-0.3, -0.25) is 25.2 Å². The molecule has 0 unspecified atom stereocenters. The van der Waals surface area contributed by atoms with Crippen molar-refractivity contribution in [3.63, 3.8) is 0 Å². The van der Waals surface area contributed by atoms with Crippen LogP contribution in [0.25, 0.3) is 6.08 Å². The highest BCUT2D eigenvalue weighted by Crippen LogP contribution is 2.18. The number of nitrogens with one attached hydrogen (secondary N) is 3. The van der Waals surface area contributed by atoms with Crippen LogP contribution in [-0.2, 0) is 14.4 Å². The van der Waals surface area contributed by atoms with E-state index in [9.17, 15) is 14.4 Å². The molecule has 0 radical (unpaired) electrons. The first-order valence-electron chi connectivity index (χ1n) is 9.16. The Labute approximate surface area is 170 Å². The van der Waals surface area contributed by atoms with E-state index in [1.807, 2.05) is 44.2 Å². The molecule has 7 nitrogen and oxygen atoms in total. The number of carbonyl (C=O) groups excluding carboxylic acids is 3. The summed E-state index contributed by atoms with van der Waals surface area (Å²) in [4.78, 5) is 35.6. The summed E-state index contributed by atoms with van der Waals surface area (Å²) < 4.78 is 5.19. The molecule has 3 amide bonds. The summed E-state index contributed by atoms with van der Waals surface area (Å²) in [5.41, 5.74) is 8.20. The largest absolute Gasteiger partial charge is 0.496 e. The monoisotopic (exact) mass is 395 g/mol. The van der Waals surface area contributed by atoms with E-state index in [1.54, 1.807) is 25.3 Å². The average molecular weight is 395 g/mol. The molecular weight excluding hydrogens is 370 g/mol. The number of methoxy groups -OCH3 is 1. The molecule has 0 aliphatic rings. The quantitative estimate of drug-likeness (QED) is 0.496. The lowest BCUT2D eigenvalue weighted by molar-refractivity contribution is -0.128. The Bertz CT molecular complexity index is 922. The molecule has 2 aromatic rings. The highest BCUT2D eigenvalue weighted by molar-refractivity contribution is 5.95. The van der Waals surface area contributed by atoms with Crippen molar-refractivity contribution in [3.8, 4) is 5.75 Å². The van der Waals surface area contributed by atoms with Crippen LogP contribution in [0, 0.1) is 13.8 Å². The molecule has 2 rings (SSSR count). The number of hydrogen-bond donors (Lipinski definition) is 3. The highest BCUT2D eigenvalue weighted by atomic mass is 16.5. The van der Waals surface area contributed by atoms with Crippen molar-refractivity contribution in [1.29, 1.82) is 0 Å². The minimum Gasteiger partial charge on any atom is -0.496 e. The first-order chi connectivity index (χ1) is 13.9. The van der Waals surface area contributed by atoms with E-state index in [4.69, 9.17) is 4.74 Å². The van der Waals surface area contributed by atoms with Crippen molar-refractivity contribution in [3.05, 3.63) is 65.2 Å². The van der Waals surface area contributed by atoms with Crippen molar-refractivity contribution < 1.29 is 19.1 Å². The SMILES string of the molecule is COc1ccccc1/C=C/C(=O)NNC(=O)CCC(=O)Nc1ccc(C)c(C)c1. The first-order valence-corrected chi connectivity index (χ1v) is 9.16. The van der Waals surface area contributed by atoms with Gasteiger partial charge in [-0.2, -0.15) is 0 Å². The number of para-hydroxylation sites is 1. The van der Waals surface area contributed by atoms with Crippen molar-refractivity contribution in [1.82, 2.24) is 10.9 Å². The summed E-state index contributed by atoms with van der Waals surface area (Å²) in [5, 5.41) is 2.75. The van der Waals surface area contributed by atoms with E-state index in [0.29, 0.717) is 11.4 Å². The fourth-order valence-electron chi connectivity index (χ4n) is 2.47. The second-order valence-corrected chi connectivity index (χ2v) is 6.46. The first kappa shape index (κ1) is 21.7. The Morgan fingerprint density at radius 3 is 2.38 bits per heavy atom. The van der Waals surface area contributed by atoms with Crippen molar-refractivity contribution in [2.24, 2.45) is 0 Å². The molecule has 0 aromatic heterocycles. The lowest BCUT2D eigenvalue weighted by atomic mass is 10.1.